The molecule has 0 aliphatic rings. The van der Waals surface area contributed by atoms with Gasteiger partial charge in [0.05, 0.1) is 0 Å². The molecular weight excluding hydrogens is 216 g/mol. The van der Waals surface area contributed by atoms with E-state index >= 15 is 0 Å². The highest BCUT2D eigenvalue weighted by Gasteiger charge is 1.89. The molecule has 0 spiro atoms. The Morgan fingerprint density at radius 3 is 1.29 bits per heavy atom. The number of likely N-dealkylation sites (N-methyl/N-ethyl adjacent to an activating group) is 1. The fourth-order valence-electron chi connectivity index (χ4n) is 1.35. The Morgan fingerprint density at radius 2 is 0.941 bits per heavy atom. The van der Waals surface area contributed by atoms with E-state index in [1.54, 1.807) is 0 Å². The molecule has 0 aliphatic heterocycles. The lowest BCUT2D eigenvalue weighted by molar-refractivity contribution is 0.564. The predicted octanol–water partition coefficient (Wildman–Crippen LogP) is -2.48. The maximum Gasteiger partial charge on any atom is 0.00772 e. The van der Waals surface area contributed by atoms with Crippen LogP contribution in [0.3, 0.4) is 0 Å². The summed E-state index contributed by atoms with van der Waals surface area (Å²) in [6, 6.07) is 0. The molecule has 0 bridgehead atoms. The van der Waals surface area contributed by atoms with Crippen LogP contribution in [-0.2, 0) is 0 Å². The zero-order chi connectivity index (χ0) is 12.6. The van der Waals surface area contributed by atoms with Crippen LogP contribution in [0.25, 0.3) is 0 Å². The third kappa shape index (κ3) is 15.8. The van der Waals surface area contributed by atoms with Crippen molar-refractivity contribution in [3.8, 4) is 0 Å². The Balaban J connectivity index is 2.85. The molecule has 0 fully saturated rings. The molecule has 6 nitrogen and oxygen atoms in total. The van der Waals surface area contributed by atoms with Crippen molar-refractivity contribution < 1.29 is 0 Å². The quantitative estimate of drug-likeness (QED) is 0.190. The zero-order valence-corrected chi connectivity index (χ0v) is 11.1. The van der Waals surface area contributed by atoms with Crippen LogP contribution in [0.4, 0.5) is 0 Å². The van der Waals surface area contributed by atoms with E-state index in [1.807, 2.05) is 7.05 Å². The van der Waals surface area contributed by atoms with Crippen molar-refractivity contribution in [1.29, 1.82) is 0 Å². The second-order valence-electron chi connectivity index (χ2n) is 3.89. The summed E-state index contributed by atoms with van der Waals surface area (Å²) in [6.45, 7) is 9.74. The average molecular weight is 246 g/mol. The molecule has 0 unspecified atom stereocenters. The van der Waals surface area contributed by atoms with Gasteiger partial charge in [-0.3, -0.25) is 0 Å². The van der Waals surface area contributed by atoms with E-state index in [4.69, 9.17) is 5.73 Å². The Labute approximate surface area is 105 Å². The summed E-state index contributed by atoms with van der Waals surface area (Å²) in [5.41, 5.74) is 5.37. The van der Waals surface area contributed by atoms with E-state index in [2.05, 4.69) is 26.6 Å². The van der Waals surface area contributed by atoms with Crippen LogP contribution in [0.15, 0.2) is 0 Å². The van der Waals surface area contributed by atoms with Gasteiger partial charge in [-0.25, -0.2) is 0 Å². The first-order valence-electron chi connectivity index (χ1n) is 6.59. The molecule has 0 heterocycles. The first kappa shape index (κ1) is 16.8. The Hall–Kier alpha value is -0.240. The van der Waals surface area contributed by atoms with Crippen molar-refractivity contribution in [1.82, 2.24) is 26.6 Å². The van der Waals surface area contributed by atoms with Gasteiger partial charge >= 0.3 is 0 Å². The highest BCUT2D eigenvalue weighted by atomic mass is 15.0. The molecule has 0 saturated heterocycles. The largest absolute Gasteiger partial charge is 0.329 e. The van der Waals surface area contributed by atoms with E-state index < -0.39 is 0 Å². The minimum atomic E-state index is 0.710. The lowest BCUT2D eigenvalue weighted by Gasteiger charge is -2.08. The smallest absolute Gasteiger partial charge is 0.00772 e. The molecule has 0 saturated carbocycles. The summed E-state index contributed by atoms with van der Waals surface area (Å²) in [5.74, 6) is 0. The van der Waals surface area contributed by atoms with Gasteiger partial charge in [0.25, 0.3) is 0 Å². The van der Waals surface area contributed by atoms with Gasteiger partial charge in [-0.15, -0.1) is 0 Å². The molecule has 104 valence electrons. The van der Waals surface area contributed by atoms with Crippen molar-refractivity contribution in [2.45, 2.75) is 0 Å². The summed E-state index contributed by atoms with van der Waals surface area (Å²) < 4.78 is 0. The fraction of sp³-hybridized carbons (Fsp3) is 1.00. The maximum atomic E-state index is 5.37. The minimum Gasteiger partial charge on any atom is -0.329 e. The molecule has 0 rings (SSSR count). The molecule has 0 aromatic heterocycles. The molecule has 0 amide bonds. The molecule has 6 heteroatoms. The number of hydrogen-bond donors (Lipinski definition) is 6. The van der Waals surface area contributed by atoms with Crippen molar-refractivity contribution in [2.75, 3.05) is 72.5 Å². The van der Waals surface area contributed by atoms with Crippen molar-refractivity contribution in [2.24, 2.45) is 5.73 Å². The topological polar surface area (TPSA) is 86.2 Å². The number of nitrogens with two attached hydrogens (primary N) is 1. The van der Waals surface area contributed by atoms with E-state index in [0.717, 1.165) is 58.9 Å². The third-order valence-electron chi connectivity index (χ3n) is 2.31. The molecular formula is C11H30N6. The predicted molar refractivity (Wildman–Crippen MR) is 74.5 cm³/mol. The second-order valence-corrected chi connectivity index (χ2v) is 3.89. The second kappa shape index (κ2) is 15.8. The third-order valence-corrected chi connectivity index (χ3v) is 2.31. The van der Waals surface area contributed by atoms with E-state index in [1.165, 1.54) is 0 Å². The van der Waals surface area contributed by atoms with Gasteiger partial charge in [-0.05, 0) is 7.05 Å². The summed E-state index contributed by atoms with van der Waals surface area (Å²) in [5, 5.41) is 16.4. The van der Waals surface area contributed by atoms with Crippen LogP contribution in [0.5, 0.6) is 0 Å². The van der Waals surface area contributed by atoms with E-state index in [-0.39, 0.29) is 0 Å². The number of hydrogen-bond acceptors (Lipinski definition) is 6. The van der Waals surface area contributed by atoms with E-state index in [0.29, 0.717) is 6.54 Å². The van der Waals surface area contributed by atoms with Crippen LogP contribution in [0.1, 0.15) is 0 Å². The number of nitrogens with one attached hydrogen (secondary N) is 5. The molecule has 0 aliphatic carbocycles. The van der Waals surface area contributed by atoms with Crippen molar-refractivity contribution >= 4 is 0 Å². The lowest BCUT2D eigenvalue weighted by atomic mass is 10.5. The Kier molecular flexibility index (Phi) is 15.5. The Bertz CT molecular complexity index is 119. The zero-order valence-electron chi connectivity index (χ0n) is 11.1. The summed E-state index contributed by atoms with van der Waals surface area (Å²) in [6.07, 6.45) is 0. The summed E-state index contributed by atoms with van der Waals surface area (Å²) in [4.78, 5) is 0. The van der Waals surface area contributed by atoms with Gasteiger partial charge in [-0.1, -0.05) is 0 Å². The first-order valence-corrected chi connectivity index (χ1v) is 6.59. The molecule has 0 aromatic rings. The molecule has 7 N–H and O–H groups in total. The van der Waals surface area contributed by atoms with Crippen LogP contribution in [-0.4, -0.2) is 72.5 Å². The highest BCUT2D eigenvalue weighted by molar-refractivity contribution is 4.56. The standard InChI is InChI=1S/C11H30N6/c1-13-4-5-15-8-9-17-11-10-16-7-6-14-3-2-12/h13-17H,2-12H2,1H3. The first-order chi connectivity index (χ1) is 8.41. The molecule has 17 heavy (non-hydrogen) atoms. The summed E-state index contributed by atoms with van der Waals surface area (Å²) in [7, 11) is 1.97. The molecule has 0 atom stereocenters. The van der Waals surface area contributed by atoms with Crippen LogP contribution in [0.2, 0.25) is 0 Å². The SMILES string of the molecule is CNCCNCCNCCNCCNCCN. The van der Waals surface area contributed by atoms with Gasteiger partial charge in [-0.2, -0.15) is 0 Å². The summed E-state index contributed by atoms with van der Waals surface area (Å²) >= 11 is 0. The van der Waals surface area contributed by atoms with E-state index in [9.17, 15) is 0 Å². The monoisotopic (exact) mass is 246 g/mol. The van der Waals surface area contributed by atoms with Crippen LogP contribution < -0.4 is 32.3 Å². The average Bonchev–Trinajstić information content (AvgIpc) is 2.35. The van der Waals surface area contributed by atoms with Crippen molar-refractivity contribution in [3.05, 3.63) is 0 Å². The Morgan fingerprint density at radius 1 is 0.588 bits per heavy atom. The van der Waals surface area contributed by atoms with Crippen LogP contribution >= 0.6 is 0 Å². The maximum absolute atomic E-state index is 5.37. The van der Waals surface area contributed by atoms with Gasteiger partial charge in [0.2, 0.25) is 0 Å². The van der Waals surface area contributed by atoms with Gasteiger partial charge in [0, 0.05) is 65.4 Å². The highest BCUT2D eigenvalue weighted by Crippen LogP contribution is 1.63. The molecule has 0 aromatic carbocycles. The lowest BCUT2D eigenvalue weighted by Crippen LogP contribution is -2.36. The molecule has 0 radical (unpaired) electrons. The fourth-order valence-corrected chi connectivity index (χ4v) is 1.35. The van der Waals surface area contributed by atoms with Crippen molar-refractivity contribution in [3.63, 3.8) is 0 Å². The van der Waals surface area contributed by atoms with Gasteiger partial charge < -0.3 is 32.3 Å². The number of rotatable bonds is 14. The van der Waals surface area contributed by atoms with Gasteiger partial charge in [0.15, 0.2) is 0 Å². The van der Waals surface area contributed by atoms with Gasteiger partial charge in [0.1, 0.15) is 0 Å². The normalized spacial score (nSPS) is 10.9. The minimum absolute atomic E-state index is 0.710. The van der Waals surface area contributed by atoms with Crippen LogP contribution in [0, 0.1) is 0 Å².